The van der Waals surface area contributed by atoms with Gasteiger partial charge in [0.25, 0.3) is 5.91 Å². The van der Waals surface area contributed by atoms with Gasteiger partial charge in [0.15, 0.2) is 0 Å². The maximum absolute atomic E-state index is 12.3. The van der Waals surface area contributed by atoms with Gasteiger partial charge in [0, 0.05) is 18.3 Å². The van der Waals surface area contributed by atoms with Crippen molar-refractivity contribution in [3.63, 3.8) is 0 Å². The molecule has 21 heavy (non-hydrogen) atoms. The maximum atomic E-state index is 12.3. The summed E-state index contributed by atoms with van der Waals surface area (Å²) in [5.41, 5.74) is 8.10. The highest BCUT2D eigenvalue weighted by Gasteiger charge is 2.15. The zero-order valence-corrected chi connectivity index (χ0v) is 12.8. The van der Waals surface area contributed by atoms with E-state index in [4.69, 9.17) is 22.7 Å². The van der Waals surface area contributed by atoms with Gasteiger partial charge in [0.2, 0.25) is 0 Å². The number of nitrogens with one attached hydrogen (secondary N) is 1. The van der Waals surface area contributed by atoms with Crippen molar-refractivity contribution in [1.29, 1.82) is 0 Å². The summed E-state index contributed by atoms with van der Waals surface area (Å²) < 4.78 is 6.90. The molecule has 0 saturated heterocycles. The van der Waals surface area contributed by atoms with Gasteiger partial charge in [0.05, 0.1) is 24.6 Å². The molecular weight excluding hydrogens is 288 g/mol. The molecular formula is C14H16N4O2S. The quantitative estimate of drug-likeness (QED) is 0.839. The van der Waals surface area contributed by atoms with Crippen LogP contribution in [0.3, 0.4) is 0 Å². The molecule has 0 bridgehead atoms. The number of nitrogens with two attached hydrogens (primary N) is 1. The first-order valence-corrected chi connectivity index (χ1v) is 6.62. The van der Waals surface area contributed by atoms with E-state index < -0.39 is 0 Å². The van der Waals surface area contributed by atoms with E-state index in [0.717, 1.165) is 5.69 Å². The van der Waals surface area contributed by atoms with Crippen LogP contribution in [0.4, 0.5) is 5.69 Å². The molecule has 0 aliphatic rings. The van der Waals surface area contributed by atoms with Gasteiger partial charge in [0.1, 0.15) is 10.7 Å². The highest BCUT2D eigenvalue weighted by Crippen LogP contribution is 2.26. The molecule has 1 aromatic carbocycles. The summed E-state index contributed by atoms with van der Waals surface area (Å²) >= 11 is 4.92. The molecule has 0 fully saturated rings. The fourth-order valence-electron chi connectivity index (χ4n) is 1.86. The SMILES string of the molecule is COc1cc(C(N)=S)ccc1NC(=O)c1cnn(C)c1C. The molecule has 7 heteroatoms. The molecule has 0 spiro atoms. The van der Waals surface area contributed by atoms with Crippen molar-refractivity contribution >= 4 is 28.8 Å². The van der Waals surface area contributed by atoms with Crippen LogP contribution in [0.1, 0.15) is 21.6 Å². The van der Waals surface area contributed by atoms with E-state index in [1.807, 2.05) is 6.92 Å². The number of carbonyl (C=O) groups excluding carboxylic acids is 1. The first kappa shape index (κ1) is 15.0. The number of benzene rings is 1. The highest BCUT2D eigenvalue weighted by atomic mass is 32.1. The normalized spacial score (nSPS) is 10.2. The first-order chi connectivity index (χ1) is 9.93. The van der Waals surface area contributed by atoms with Gasteiger partial charge in [-0.05, 0) is 25.1 Å². The lowest BCUT2D eigenvalue weighted by Crippen LogP contribution is -2.15. The van der Waals surface area contributed by atoms with Crippen molar-refractivity contribution in [2.24, 2.45) is 12.8 Å². The number of aryl methyl sites for hydroxylation is 1. The Labute approximate surface area is 127 Å². The van der Waals surface area contributed by atoms with E-state index in [1.54, 1.807) is 29.9 Å². The van der Waals surface area contributed by atoms with Gasteiger partial charge in [-0.15, -0.1) is 0 Å². The van der Waals surface area contributed by atoms with Crippen LogP contribution in [-0.4, -0.2) is 27.8 Å². The van der Waals surface area contributed by atoms with Gasteiger partial charge in [-0.1, -0.05) is 12.2 Å². The molecule has 0 radical (unpaired) electrons. The molecule has 1 aromatic heterocycles. The van der Waals surface area contributed by atoms with Crippen molar-refractivity contribution in [3.8, 4) is 5.75 Å². The topological polar surface area (TPSA) is 82.2 Å². The molecule has 0 aliphatic heterocycles. The molecule has 1 heterocycles. The van der Waals surface area contributed by atoms with Crippen molar-refractivity contribution < 1.29 is 9.53 Å². The molecule has 110 valence electrons. The van der Waals surface area contributed by atoms with Crippen molar-refractivity contribution in [1.82, 2.24) is 9.78 Å². The number of carbonyl (C=O) groups is 1. The Kier molecular flexibility index (Phi) is 4.23. The molecule has 6 nitrogen and oxygen atoms in total. The lowest BCUT2D eigenvalue weighted by molar-refractivity contribution is 0.102. The van der Waals surface area contributed by atoms with Gasteiger partial charge in [-0.2, -0.15) is 5.10 Å². The van der Waals surface area contributed by atoms with Gasteiger partial charge in [-0.25, -0.2) is 0 Å². The minimum absolute atomic E-state index is 0.248. The number of aromatic nitrogens is 2. The molecule has 1 amide bonds. The Morgan fingerprint density at radius 2 is 2.19 bits per heavy atom. The average Bonchev–Trinajstić information content (AvgIpc) is 2.79. The summed E-state index contributed by atoms with van der Waals surface area (Å²) in [6, 6.07) is 5.13. The fourth-order valence-corrected chi connectivity index (χ4v) is 1.99. The molecule has 3 N–H and O–H groups in total. The monoisotopic (exact) mass is 304 g/mol. The standard InChI is InChI=1S/C14H16N4O2S/c1-8-10(7-16-18(8)2)14(19)17-11-5-4-9(13(15)21)6-12(11)20-3/h4-7H,1-3H3,(H2,15,21)(H,17,19). The first-order valence-electron chi connectivity index (χ1n) is 6.22. The van der Waals surface area contributed by atoms with E-state index in [1.165, 1.54) is 13.3 Å². The van der Waals surface area contributed by atoms with Gasteiger partial charge >= 0.3 is 0 Å². The van der Waals surface area contributed by atoms with Gasteiger partial charge < -0.3 is 15.8 Å². The Balaban J connectivity index is 2.29. The Bertz CT molecular complexity index is 709. The zero-order chi connectivity index (χ0) is 15.6. The number of methoxy groups -OCH3 is 1. The molecule has 0 unspecified atom stereocenters. The predicted molar refractivity (Wildman–Crippen MR) is 84.8 cm³/mol. The van der Waals surface area contributed by atoms with E-state index >= 15 is 0 Å². The summed E-state index contributed by atoms with van der Waals surface area (Å²) in [5, 5.41) is 6.85. The van der Waals surface area contributed by atoms with E-state index in [9.17, 15) is 4.79 Å². The van der Waals surface area contributed by atoms with Crippen molar-refractivity contribution in [2.45, 2.75) is 6.92 Å². The van der Waals surface area contributed by atoms with E-state index in [0.29, 0.717) is 22.6 Å². The van der Waals surface area contributed by atoms with E-state index in [2.05, 4.69) is 10.4 Å². The number of hydrogen-bond donors (Lipinski definition) is 2. The summed E-state index contributed by atoms with van der Waals surface area (Å²) in [6.07, 6.45) is 1.53. The highest BCUT2D eigenvalue weighted by molar-refractivity contribution is 7.80. The Morgan fingerprint density at radius 3 is 2.71 bits per heavy atom. The molecule has 2 aromatic rings. The van der Waals surface area contributed by atoms with Crippen LogP contribution in [0.2, 0.25) is 0 Å². The predicted octanol–water partition coefficient (Wildman–Crippen LogP) is 1.62. The lowest BCUT2D eigenvalue weighted by Gasteiger charge is -2.11. The zero-order valence-electron chi connectivity index (χ0n) is 12.0. The maximum Gasteiger partial charge on any atom is 0.259 e. The van der Waals surface area contributed by atoms with Crippen LogP contribution in [0.25, 0.3) is 0 Å². The van der Waals surface area contributed by atoms with Crippen LogP contribution >= 0.6 is 12.2 Å². The molecule has 0 atom stereocenters. The third kappa shape index (κ3) is 3.03. The number of rotatable bonds is 4. The van der Waals surface area contributed by atoms with Crippen LogP contribution in [-0.2, 0) is 7.05 Å². The second kappa shape index (κ2) is 5.92. The lowest BCUT2D eigenvalue weighted by atomic mass is 10.1. The van der Waals surface area contributed by atoms with Crippen LogP contribution in [0.15, 0.2) is 24.4 Å². The fraction of sp³-hybridized carbons (Fsp3) is 0.214. The number of hydrogen-bond acceptors (Lipinski definition) is 4. The number of anilines is 1. The largest absolute Gasteiger partial charge is 0.495 e. The van der Waals surface area contributed by atoms with Crippen molar-refractivity contribution in [3.05, 3.63) is 41.2 Å². The minimum Gasteiger partial charge on any atom is -0.495 e. The second-order valence-electron chi connectivity index (χ2n) is 4.50. The summed E-state index contributed by atoms with van der Waals surface area (Å²) in [6.45, 7) is 1.83. The van der Waals surface area contributed by atoms with Gasteiger partial charge in [-0.3, -0.25) is 9.48 Å². The molecule has 0 saturated carbocycles. The van der Waals surface area contributed by atoms with Crippen LogP contribution < -0.4 is 15.8 Å². The third-order valence-corrected chi connectivity index (χ3v) is 3.45. The number of amides is 1. The van der Waals surface area contributed by atoms with E-state index in [-0.39, 0.29) is 10.9 Å². The van der Waals surface area contributed by atoms with Crippen molar-refractivity contribution in [2.75, 3.05) is 12.4 Å². The molecule has 2 rings (SSSR count). The molecule has 0 aliphatic carbocycles. The van der Waals surface area contributed by atoms with Crippen LogP contribution in [0, 0.1) is 6.92 Å². The number of ether oxygens (including phenoxy) is 1. The second-order valence-corrected chi connectivity index (χ2v) is 4.94. The van der Waals surface area contributed by atoms with Crippen LogP contribution in [0.5, 0.6) is 5.75 Å². The Morgan fingerprint density at radius 1 is 1.48 bits per heavy atom. The smallest absolute Gasteiger partial charge is 0.259 e. The summed E-state index contributed by atoms with van der Waals surface area (Å²) in [7, 11) is 3.30. The number of nitrogens with zero attached hydrogens (tertiary/aromatic N) is 2. The summed E-state index contributed by atoms with van der Waals surface area (Å²) in [4.78, 5) is 12.5. The number of thiocarbonyl (C=S) groups is 1. The third-order valence-electron chi connectivity index (χ3n) is 3.21. The average molecular weight is 304 g/mol. The minimum atomic E-state index is -0.248. The summed E-state index contributed by atoms with van der Waals surface area (Å²) in [5.74, 6) is 0.247. The Hall–Kier alpha value is -2.41.